The van der Waals surface area contributed by atoms with Crippen LogP contribution in [-0.2, 0) is 14.8 Å². The molecule has 1 aromatic carbocycles. The molecule has 0 bridgehead atoms. The van der Waals surface area contributed by atoms with Gasteiger partial charge in [-0.25, -0.2) is 8.42 Å². The normalized spacial score (nSPS) is 12.7. The Morgan fingerprint density at radius 2 is 2.00 bits per heavy atom. The summed E-state index contributed by atoms with van der Waals surface area (Å²) in [5, 5.41) is 10.8. The number of carbonyl (C=O) groups excluding carboxylic acids is 1. The van der Waals surface area contributed by atoms with Crippen molar-refractivity contribution in [1.82, 2.24) is 10.2 Å². The van der Waals surface area contributed by atoms with Gasteiger partial charge < -0.3 is 0 Å². The van der Waals surface area contributed by atoms with Crippen LogP contribution in [0.3, 0.4) is 0 Å². The van der Waals surface area contributed by atoms with Gasteiger partial charge in [0.25, 0.3) is 0 Å². The number of amides is 1. The van der Waals surface area contributed by atoms with Crippen molar-refractivity contribution in [3.05, 3.63) is 29.3 Å². The third kappa shape index (κ3) is 4.71. The molecule has 1 N–H and O–H groups in total. The number of anilines is 2. The molecule has 2 rings (SSSR count). The zero-order valence-electron chi connectivity index (χ0n) is 14.6. The van der Waals surface area contributed by atoms with Crippen molar-refractivity contribution in [2.45, 2.75) is 31.2 Å². The monoisotopic (exact) mass is 400 g/mol. The van der Waals surface area contributed by atoms with Gasteiger partial charge >= 0.3 is 0 Å². The average Bonchev–Trinajstić information content (AvgIpc) is 2.97. The van der Waals surface area contributed by atoms with Gasteiger partial charge in [0.05, 0.1) is 11.9 Å². The number of hydrogen-bond acceptors (Lipinski definition) is 7. The van der Waals surface area contributed by atoms with Gasteiger partial charge in [0.2, 0.25) is 21.1 Å². The lowest BCUT2D eigenvalue weighted by Gasteiger charge is -2.29. The molecule has 0 fully saturated rings. The number of benzene rings is 1. The first-order valence-electron chi connectivity index (χ1n) is 7.38. The molecule has 0 aliphatic carbocycles. The molecule has 0 saturated carbocycles. The first kappa shape index (κ1) is 19.7. The molecule has 10 heteroatoms. The molecule has 25 heavy (non-hydrogen) atoms. The van der Waals surface area contributed by atoms with Crippen molar-refractivity contribution in [3.63, 3.8) is 0 Å². The largest absolute Gasteiger partial charge is 0.299 e. The van der Waals surface area contributed by atoms with E-state index in [-0.39, 0.29) is 0 Å². The second-order valence-corrected chi connectivity index (χ2v) is 9.48. The number of carbonyl (C=O) groups is 1. The Labute approximate surface area is 155 Å². The van der Waals surface area contributed by atoms with Crippen molar-refractivity contribution < 1.29 is 13.2 Å². The molecule has 1 unspecified atom stereocenters. The second kappa shape index (κ2) is 7.71. The summed E-state index contributed by atoms with van der Waals surface area (Å²) in [7, 11) is -3.66. The Balaban J connectivity index is 2.34. The number of aryl methyl sites for hydroxylation is 2. The van der Waals surface area contributed by atoms with E-state index in [1.54, 1.807) is 13.0 Å². The van der Waals surface area contributed by atoms with Gasteiger partial charge in [0, 0.05) is 0 Å². The number of thioether (sulfide) groups is 1. The minimum atomic E-state index is -3.66. The molecule has 0 aliphatic rings. The summed E-state index contributed by atoms with van der Waals surface area (Å²) < 4.78 is 26.6. The number of rotatable bonds is 6. The van der Waals surface area contributed by atoms with Gasteiger partial charge in [-0.1, -0.05) is 35.2 Å². The Hall–Kier alpha value is -1.65. The highest BCUT2D eigenvalue weighted by Gasteiger charge is 2.30. The summed E-state index contributed by atoms with van der Waals surface area (Å²) in [5.41, 5.74) is 2.18. The summed E-state index contributed by atoms with van der Waals surface area (Å²) in [6, 6.07) is 4.56. The van der Waals surface area contributed by atoms with E-state index < -0.39 is 22.0 Å². The number of hydrogen-bond donors (Lipinski definition) is 1. The number of aromatic nitrogens is 2. The molecule has 0 spiro atoms. The van der Waals surface area contributed by atoms with E-state index in [0.29, 0.717) is 10.8 Å². The van der Waals surface area contributed by atoms with Crippen molar-refractivity contribution in [3.8, 4) is 0 Å². The zero-order valence-corrected chi connectivity index (χ0v) is 17.1. The van der Waals surface area contributed by atoms with E-state index in [0.717, 1.165) is 26.0 Å². The fourth-order valence-corrected chi connectivity index (χ4v) is 4.69. The molecule has 2 aromatic rings. The topological polar surface area (TPSA) is 92.3 Å². The standard InChI is InChI=1S/C15H20N4O3S3/c1-9-6-7-10(2)12(8-9)19(25(5,21)22)11(3)13(20)16-14-17-18-15(23-4)24-14/h6-8,11H,1-5H3,(H,16,17,20). The summed E-state index contributed by atoms with van der Waals surface area (Å²) in [4.78, 5) is 12.6. The number of sulfonamides is 1. The van der Waals surface area contributed by atoms with E-state index in [2.05, 4.69) is 15.5 Å². The van der Waals surface area contributed by atoms with Gasteiger partial charge in [0.15, 0.2) is 4.34 Å². The van der Waals surface area contributed by atoms with Crippen molar-refractivity contribution in [1.29, 1.82) is 0 Å². The van der Waals surface area contributed by atoms with Crippen LogP contribution in [0, 0.1) is 13.8 Å². The fraction of sp³-hybridized carbons (Fsp3) is 0.400. The van der Waals surface area contributed by atoms with E-state index in [1.807, 2.05) is 32.2 Å². The Morgan fingerprint density at radius 1 is 1.32 bits per heavy atom. The third-order valence-corrected chi connectivity index (χ3v) is 6.54. The van der Waals surface area contributed by atoms with Crippen LogP contribution in [0.25, 0.3) is 0 Å². The number of nitrogens with zero attached hydrogens (tertiary/aromatic N) is 3. The van der Waals surface area contributed by atoms with Crippen molar-refractivity contribution in [2.24, 2.45) is 0 Å². The lowest BCUT2D eigenvalue weighted by Crippen LogP contribution is -2.45. The predicted octanol–water partition coefficient (Wildman–Crippen LogP) is 2.67. The summed E-state index contributed by atoms with van der Waals surface area (Å²) in [6.07, 6.45) is 2.95. The Bertz CT molecular complexity index is 880. The minimum Gasteiger partial charge on any atom is -0.299 e. The van der Waals surface area contributed by atoms with Crippen LogP contribution in [0.1, 0.15) is 18.1 Å². The molecule has 7 nitrogen and oxygen atoms in total. The molecule has 136 valence electrons. The maximum Gasteiger partial charge on any atom is 0.249 e. The second-order valence-electron chi connectivity index (χ2n) is 5.59. The molecule has 1 atom stereocenters. The third-order valence-electron chi connectivity index (χ3n) is 3.50. The first-order chi connectivity index (χ1) is 11.6. The molecular weight excluding hydrogens is 380 g/mol. The lowest BCUT2D eigenvalue weighted by molar-refractivity contribution is -0.116. The van der Waals surface area contributed by atoms with Gasteiger partial charge in [-0.2, -0.15) is 0 Å². The predicted molar refractivity (Wildman–Crippen MR) is 103 cm³/mol. The Kier molecular flexibility index (Phi) is 6.07. The van der Waals surface area contributed by atoms with Crippen molar-refractivity contribution >= 4 is 49.8 Å². The highest BCUT2D eigenvalue weighted by atomic mass is 32.2. The summed E-state index contributed by atoms with van der Waals surface area (Å²) >= 11 is 2.66. The van der Waals surface area contributed by atoms with E-state index >= 15 is 0 Å². The molecule has 0 saturated heterocycles. The van der Waals surface area contributed by atoms with Crippen LogP contribution in [0.2, 0.25) is 0 Å². The highest BCUT2D eigenvalue weighted by Crippen LogP contribution is 2.27. The maximum absolute atomic E-state index is 12.6. The molecular formula is C15H20N4O3S3. The molecule has 0 radical (unpaired) electrons. The van der Waals surface area contributed by atoms with E-state index in [1.165, 1.54) is 23.1 Å². The SMILES string of the molecule is CSc1nnc(NC(=O)C(C)N(c2cc(C)ccc2C)S(C)(=O)=O)s1. The minimum absolute atomic E-state index is 0.343. The van der Waals surface area contributed by atoms with Crippen LogP contribution in [0.15, 0.2) is 22.5 Å². The summed E-state index contributed by atoms with van der Waals surface area (Å²) in [5.74, 6) is -0.463. The van der Waals surface area contributed by atoms with E-state index in [4.69, 9.17) is 0 Å². The van der Waals surface area contributed by atoms with Gasteiger partial charge in [0.1, 0.15) is 6.04 Å². The maximum atomic E-state index is 12.6. The van der Waals surface area contributed by atoms with Crippen LogP contribution in [0.4, 0.5) is 10.8 Å². The average molecular weight is 401 g/mol. The van der Waals surface area contributed by atoms with Gasteiger partial charge in [-0.05, 0) is 44.2 Å². The van der Waals surface area contributed by atoms with Crippen LogP contribution in [0.5, 0.6) is 0 Å². The van der Waals surface area contributed by atoms with Crippen molar-refractivity contribution in [2.75, 3.05) is 22.1 Å². The molecule has 1 amide bonds. The van der Waals surface area contributed by atoms with Gasteiger partial charge in [-0.3, -0.25) is 14.4 Å². The summed E-state index contributed by atoms with van der Waals surface area (Å²) in [6.45, 7) is 5.24. The molecule has 1 heterocycles. The van der Waals surface area contributed by atoms with Crippen LogP contribution in [-0.4, -0.2) is 43.1 Å². The van der Waals surface area contributed by atoms with Crippen LogP contribution >= 0.6 is 23.1 Å². The zero-order chi connectivity index (χ0) is 18.8. The molecule has 1 aromatic heterocycles. The lowest BCUT2D eigenvalue weighted by atomic mass is 10.1. The molecule has 0 aliphatic heterocycles. The van der Waals surface area contributed by atoms with E-state index in [9.17, 15) is 13.2 Å². The fourth-order valence-electron chi connectivity index (χ4n) is 2.29. The smallest absolute Gasteiger partial charge is 0.249 e. The Morgan fingerprint density at radius 3 is 2.56 bits per heavy atom. The van der Waals surface area contributed by atoms with Gasteiger partial charge in [-0.15, -0.1) is 10.2 Å². The quantitative estimate of drug-likeness (QED) is 0.592. The number of nitrogens with one attached hydrogen (secondary N) is 1. The first-order valence-corrected chi connectivity index (χ1v) is 11.3. The highest BCUT2D eigenvalue weighted by molar-refractivity contribution is 8.00. The van der Waals surface area contributed by atoms with Crippen LogP contribution < -0.4 is 9.62 Å².